The standard InChI is InChI=1S/C20H34O4/c21-15-13-11-9-7-5-3-1-2-4-6-8-10-12-14-19-16-18(22)17-20(23)24-19/h16-17,21-22H,1-15H2. The Hall–Kier alpha value is -1.29. The molecule has 0 saturated carbocycles. The average molecular weight is 338 g/mol. The molecule has 1 aromatic heterocycles. The quantitative estimate of drug-likeness (QED) is 0.444. The van der Waals surface area contributed by atoms with Crippen LogP contribution in [0.4, 0.5) is 0 Å². The van der Waals surface area contributed by atoms with E-state index in [9.17, 15) is 9.90 Å². The van der Waals surface area contributed by atoms with Crippen LogP contribution in [0.5, 0.6) is 5.75 Å². The van der Waals surface area contributed by atoms with Crippen molar-refractivity contribution in [1.82, 2.24) is 0 Å². The summed E-state index contributed by atoms with van der Waals surface area (Å²) >= 11 is 0. The van der Waals surface area contributed by atoms with Crippen LogP contribution in [-0.4, -0.2) is 16.8 Å². The van der Waals surface area contributed by atoms with E-state index >= 15 is 0 Å². The first kappa shape index (κ1) is 20.8. The lowest BCUT2D eigenvalue weighted by Gasteiger charge is -2.03. The Morgan fingerprint density at radius 1 is 0.708 bits per heavy atom. The first-order valence-corrected chi connectivity index (χ1v) is 9.66. The molecule has 0 amide bonds. The van der Waals surface area contributed by atoms with Gasteiger partial charge in [0.1, 0.15) is 11.5 Å². The molecule has 0 aliphatic heterocycles. The topological polar surface area (TPSA) is 70.7 Å². The Labute approximate surface area is 145 Å². The summed E-state index contributed by atoms with van der Waals surface area (Å²) in [5, 5.41) is 18.0. The molecule has 1 heterocycles. The number of hydrogen-bond donors (Lipinski definition) is 2. The van der Waals surface area contributed by atoms with Gasteiger partial charge in [0.25, 0.3) is 0 Å². The zero-order valence-electron chi connectivity index (χ0n) is 15.0. The van der Waals surface area contributed by atoms with Crippen molar-refractivity contribution in [3.63, 3.8) is 0 Å². The van der Waals surface area contributed by atoms with E-state index in [2.05, 4.69) is 0 Å². The molecule has 0 aliphatic carbocycles. The SMILES string of the molecule is O=c1cc(O)cc(CCCCCCCCCCCCCCCO)o1. The lowest BCUT2D eigenvalue weighted by atomic mass is 10.0. The normalized spacial score (nSPS) is 11.0. The van der Waals surface area contributed by atoms with E-state index in [1.807, 2.05) is 0 Å². The molecule has 2 N–H and O–H groups in total. The summed E-state index contributed by atoms with van der Waals surface area (Å²) in [4.78, 5) is 11.1. The first-order chi connectivity index (χ1) is 11.7. The van der Waals surface area contributed by atoms with Gasteiger partial charge in [0.05, 0.1) is 6.07 Å². The van der Waals surface area contributed by atoms with Crippen LogP contribution in [0.25, 0.3) is 0 Å². The molecule has 138 valence electrons. The first-order valence-electron chi connectivity index (χ1n) is 9.66. The van der Waals surface area contributed by atoms with Crippen LogP contribution in [0.3, 0.4) is 0 Å². The van der Waals surface area contributed by atoms with E-state index in [-0.39, 0.29) is 5.75 Å². The second kappa shape index (κ2) is 14.1. The van der Waals surface area contributed by atoms with Gasteiger partial charge in [-0.05, 0) is 12.8 Å². The fourth-order valence-corrected chi connectivity index (χ4v) is 2.99. The fourth-order valence-electron chi connectivity index (χ4n) is 2.99. The lowest BCUT2D eigenvalue weighted by molar-refractivity contribution is 0.282. The minimum Gasteiger partial charge on any atom is -0.508 e. The highest BCUT2D eigenvalue weighted by molar-refractivity contribution is 5.18. The van der Waals surface area contributed by atoms with Gasteiger partial charge in [0, 0.05) is 19.1 Å². The molecule has 1 aromatic rings. The van der Waals surface area contributed by atoms with Crippen molar-refractivity contribution in [3.8, 4) is 5.75 Å². The van der Waals surface area contributed by atoms with Crippen molar-refractivity contribution >= 4 is 0 Å². The molecule has 4 nitrogen and oxygen atoms in total. The second-order valence-electron chi connectivity index (χ2n) is 6.67. The van der Waals surface area contributed by atoms with Crippen molar-refractivity contribution < 1.29 is 14.6 Å². The molecule has 0 bridgehead atoms. The molecule has 0 unspecified atom stereocenters. The predicted octanol–water partition coefficient (Wildman–Crippen LogP) is 4.95. The highest BCUT2D eigenvalue weighted by atomic mass is 16.4. The third-order valence-electron chi connectivity index (χ3n) is 4.39. The van der Waals surface area contributed by atoms with Crippen LogP contribution >= 0.6 is 0 Å². The number of aryl methyl sites for hydroxylation is 1. The highest BCUT2D eigenvalue weighted by Crippen LogP contribution is 2.14. The Morgan fingerprint density at radius 2 is 1.17 bits per heavy atom. The summed E-state index contributed by atoms with van der Waals surface area (Å²) in [5.41, 5.74) is -0.474. The summed E-state index contributed by atoms with van der Waals surface area (Å²) in [6.45, 7) is 0.336. The molecule has 4 heteroatoms. The van der Waals surface area contributed by atoms with Crippen molar-refractivity contribution in [2.75, 3.05) is 6.61 Å². The molecule has 1 rings (SSSR count). The number of hydrogen-bond acceptors (Lipinski definition) is 4. The number of aromatic hydroxyl groups is 1. The molecule has 0 aliphatic rings. The zero-order chi connectivity index (χ0) is 17.5. The molecule has 0 atom stereocenters. The van der Waals surface area contributed by atoms with Crippen LogP contribution in [0.15, 0.2) is 21.3 Å². The maximum atomic E-state index is 11.1. The van der Waals surface area contributed by atoms with Gasteiger partial charge >= 0.3 is 5.63 Å². The van der Waals surface area contributed by atoms with Crippen LogP contribution in [0.2, 0.25) is 0 Å². The monoisotopic (exact) mass is 338 g/mol. The zero-order valence-corrected chi connectivity index (χ0v) is 15.0. The molecule has 0 fully saturated rings. The minimum atomic E-state index is -0.474. The van der Waals surface area contributed by atoms with E-state index in [1.165, 1.54) is 70.3 Å². The van der Waals surface area contributed by atoms with Gasteiger partial charge in [-0.15, -0.1) is 0 Å². The summed E-state index contributed by atoms with van der Waals surface area (Å²) in [6, 6.07) is 2.63. The Balaban J connectivity index is 1.84. The highest BCUT2D eigenvalue weighted by Gasteiger charge is 2.01. The second-order valence-corrected chi connectivity index (χ2v) is 6.67. The number of rotatable bonds is 15. The maximum Gasteiger partial charge on any atom is 0.339 e. The van der Waals surface area contributed by atoms with E-state index in [1.54, 1.807) is 0 Å². The van der Waals surface area contributed by atoms with E-state index in [0.29, 0.717) is 12.4 Å². The fraction of sp³-hybridized carbons (Fsp3) is 0.750. The van der Waals surface area contributed by atoms with Crippen molar-refractivity contribution in [3.05, 3.63) is 28.3 Å². The van der Waals surface area contributed by atoms with Gasteiger partial charge in [-0.2, -0.15) is 0 Å². The third kappa shape index (κ3) is 11.3. The Bertz CT molecular complexity index is 467. The summed E-state index contributed by atoms with van der Waals surface area (Å²) < 4.78 is 5.04. The maximum absolute atomic E-state index is 11.1. The third-order valence-corrected chi connectivity index (χ3v) is 4.39. The lowest BCUT2D eigenvalue weighted by Crippen LogP contribution is -1.98. The van der Waals surface area contributed by atoms with Crippen molar-refractivity contribution in [1.29, 1.82) is 0 Å². The molecule has 0 aromatic carbocycles. The predicted molar refractivity (Wildman–Crippen MR) is 97.5 cm³/mol. The average Bonchev–Trinajstić information content (AvgIpc) is 2.54. The molecule has 0 radical (unpaired) electrons. The summed E-state index contributed by atoms with van der Waals surface area (Å²) in [5.74, 6) is 0.577. The van der Waals surface area contributed by atoms with Crippen molar-refractivity contribution in [2.24, 2.45) is 0 Å². The molecular weight excluding hydrogens is 304 g/mol. The summed E-state index contributed by atoms with van der Waals surface area (Å²) in [7, 11) is 0. The van der Waals surface area contributed by atoms with E-state index in [0.717, 1.165) is 31.7 Å². The van der Waals surface area contributed by atoms with E-state index < -0.39 is 5.63 Å². The van der Waals surface area contributed by atoms with Gasteiger partial charge in [-0.25, -0.2) is 4.79 Å². The van der Waals surface area contributed by atoms with Crippen LogP contribution in [0.1, 0.15) is 89.2 Å². The van der Waals surface area contributed by atoms with Crippen molar-refractivity contribution in [2.45, 2.75) is 89.9 Å². The molecular formula is C20H34O4. The van der Waals surface area contributed by atoms with Gasteiger partial charge in [-0.1, -0.05) is 70.6 Å². The number of unbranched alkanes of at least 4 members (excludes halogenated alkanes) is 12. The largest absolute Gasteiger partial charge is 0.508 e. The van der Waals surface area contributed by atoms with Crippen LogP contribution in [0, 0.1) is 0 Å². The van der Waals surface area contributed by atoms with Crippen LogP contribution in [-0.2, 0) is 6.42 Å². The van der Waals surface area contributed by atoms with Crippen LogP contribution < -0.4 is 5.63 Å². The smallest absolute Gasteiger partial charge is 0.339 e. The number of aliphatic hydroxyl groups excluding tert-OH is 1. The number of aliphatic hydroxyl groups is 1. The Morgan fingerprint density at radius 3 is 1.62 bits per heavy atom. The molecule has 0 spiro atoms. The van der Waals surface area contributed by atoms with Gasteiger partial charge < -0.3 is 14.6 Å². The molecule has 24 heavy (non-hydrogen) atoms. The molecule has 0 saturated heterocycles. The minimum absolute atomic E-state index is 0.00496. The van der Waals surface area contributed by atoms with Gasteiger partial charge in [0.2, 0.25) is 0 Å². The van der Waals surface area contributed by atoms with Gasteiger partial charge in [0.15, 0.2) is 0 Å². The van der Waals surface area contributed by atoms with Gasteiger partial charge in [-0.3, -0.25) is 0 Å². The Kier molecular flexibility index (Phi) is 12.2. The summed E-state index contributed by atoms with van der Waals surface area (Å²) in [6.07, 6.45) is 16.7. The van der Waals surface area contributed by atoms with E-state index in [4.69, 9.17) is 9.52 Å².